The average molecular weight is 419 g/mol. The molecule has 1 aliphatic rings. The van der Waals surface area contributed by atoms with Crippen molar-refractivity contribution in [3.05, 3.63) is 59.7 Å². The van der Waals surface area contributed by atoms with Gasteiger partial charge < -0.3 is 15.5 Å². The van der Waals surface area contributed by atoms with Gasteiger partial charge in [-0.15, -0.1) is 0 Å². The van der Waals surface area contributed by atoms with Crippen LogP contribution in [0.1, 0.15) is 35.7 Å². The summed E-state index contributed by atoms with van der Waals surface area (Å²) in [5.41, 5.74) is -0.597. The normalized spacial score (nSPS) is 16.3. The predicted molar refractivity (Wildman–Crippen MR) is 105 cm³/mol. The number of carbonyl (C=O) groups is 3. The van der Waals surface area contributed by atoms with Gasteiger partial charge in [-0.3, -0.25) is 14.4 Å². The third kappa shape index (κ3) is 4.79. The van der Waals surface area contributed by atoms with Gasteiger partial charge in [-0.25, -0.2) is 0 Å². The van der Waals surface area contributed by atoms with E-state index in [1.807, 2.05) is 0 Å². The minimum absolute atomic E-state index is 0.0190. The van der Waals surface area contributed by atoms with Crippen LogP contribution in [0.25, 0.3) is 0 Å². The molecular weight excluding hydrogens is 399 g/mol. The molecule has 6 nitrogen and oxygen atoms in total. The summed E-state index contributed by atoms with van der Waals surface area (Å²) < 4.78 is 38.7. The standard InChI is InChI=1S/C21H20F3N3O3/c1-13(28)27-11-5-10-18(27)20(30)26-17-9-3-2-8-16(17)19(29)25-15-7-4-6-14(12-15)21(22,23)24/h2-4,6-9,12,18H,5,10-11H2,1H3,(H,25,29)(H,26,30)/t18-/m0/s1. The molecule has 2 aromatic carbocycles. The van der Waals surface area contributed by atoms with Gasteiger partial charge in [-0.05, 0) is 43.2 Å². The second-order valence-corrected chi connectivity index (χ2v) is 6.94. The van der Waals surface area contributed by atoms with Gasteiger partial charge in [0.05, 0.1) is 16.8 Å². The summed E-state index contributed by atoms with van der Waals surface area (Å²) in [7, 11) is 0. The van der Waals surface area contributed by atoms with Gasteiger partial charge in [-0.1, -0.05) is 18.2 Å². The molecule has 1 heterocycles. The Balaban J connectivity index is 1.77. The summed E-state index contributed by atoms with van der Waals surface area (Å²) in [5.74, 6) is -1.29. The molecule has 1 atom stereocenters. The molecule has 2 N–H and O–H groups in total. The molecular formula is C21H20F3N3O3. The molecule has 1 fully saturated rings. The Morgan fingerprint density at radius 2 is 1.77 bits per heavy atom. The van der Waals surface area contributed by atoms with E-state index in [9.17, 15) is 27.6 Å². The van der Waals surface area contributed by atoms with E-state index in [0.29, 0.717) is 19.4 Å². The van der Waals surface area contributed by atoms with Crippen LogP contribution in [-0.2, 0) is 15.8 Å². The molecule has 1 saturated heterocycles. The summed E-state index contributed by atoms with van der Waals surface area (Å²) >= 11 is 0. The van der Waals surface area contributed by atoms with Crippen molar-refractivity contribution in [2.24, 2.45) is 0 Å². The first-order valence-corrected chi connectivity index (χ1v) is 9.32. The maximum absolute atomic E-state index is 12.9. The van der Waals surface area contributed by atoms with Crippen LogP contribution in [0.15, 0.2) is 48.5 Å². The number of hydrogen-bond donors (Lipinski definition) is 2. The van der Waals surface area contributed by atoms with Crippen molar-refractivity contribution in [2.45, 2.75) is 32.0 Å². The molecule has 1 aliphatic heterocycles. The van der Waals surface area contributed by atoms with E-state index in [1.165, 1.54) is 36.1 Å². The summed E-state index contributed by atoms with van der Waals surface area (Å²) in [4.78, 5) is 38.5. The van der Waals surface area contributed by atoms with Crippen LogP contribution < -0.4 is 10.6 Å². The predicted octanol–water partition coefficient (Wildman–Crippen LogP) is 3.91. The first kappa shape index (κ1) is 21.4. The van der Waals surface area contributed by atoms with Crippen molar-refractivity contribution in [3.8, 4) is 0 Å². The number of rotatable bonds is 4. The van der Waals surface area contributed by atoms with E-state index in [4.69, 9.17) is 0 Å². The molecule has 30 heavy (non-hydrogen) atoms. The van der Waals surface area contributed by atoms with Gasteiger partial charge in [-0.2, -0.15) is 13.2 Å². The van der Waals surface area contributed by atoms with Crippen molar-refractivity contribution in [1.82, 2.24) is 4.90 Å². The lowest BCUT2D eigenvalue weighted by atomic mass is 10.1. The molecule has 0 spiro atoms. The highest BCUT2D eigenvalue weighted by atomic mass is 19.4. The topological polar surface area (TPSA) is 78.5 Å². The second kappa shape index (κ2) is 8.56. The Kier molecular flexibility index (Phi) is 6.09. The molecule has 3 amide bonds. The van der Waals surface area contributed by atoms with Crippen molar-refractivity contribution < 1.29 is 27.6 Å². The third-order valence-corrected chi connectivity index (χ3v) is 4.84. The maximum atomic E-state index is 12.9. The monoisotopic (exact) mass is 419 g/mol. The number of alkyl halides is 3. The van der Waals surface area contributed by atoms with Crippen molar-refractivity contribution in [1.29, 1.82) is 0 Å². The number of hydrogen-bond acceptors (Lipinski definition) is 3. The maximum Gasteiger partial charge on any atom is 0.416 e. The van der Waals surface area contributed by atoms with E-state index < -0.39 is 29.6 Å². The molecule has 3 rings (SSSR count). The van der Waals surface area contributed by atoms with Gasteiger partial charge in [0.25, 0.3) is 5.91 Å². The smallest absolute Gasteiger partial charge is 0.331 e. The van der Waals surface area contributed by atoms with Gasteiger partial charge in [0.15, 0.2) is 0 Å². The Labute approximate surface area is 171 Å². The number of nitrogens with one attached hydrogen (secondary N) is 2. The average Bonchev–Trinajstić information content (AvgIpc) is 3.18. The summed E-state index contributed by atoms with van der Waals surface area (Å²) in [6, 6.07) is 9.83. The SMILES string of the molecule is CC(=O)N1CCC[C@H]1C(=O)Nc1ccccc1C(=O)Nc1cccc(C(F)(F)F)c1. The fourth-order valence-electron chi connectivity index (χ4n) is 3.39. The van der Waals surface area contributed by atoms with E-state index >= 15 is 0 Å². The van der Waals surface area contributed by atoms with Crippen molar-refractivity contribution >= 4 is 29.1 Å². The van der Waals surface area contributed by atoms with Crippen LogP contribution in [0.4, 0.5) is 24.5 Å². The number of carbonyl (C=O) groups excluding carboxylic acids is 3. The van der Waals surface area contributed by atoms with Crippen LogP contribution in [0.5, 0.6) is 0 Å². The van der Waals surface area contributed by atoms with Crippen LogP contribution in [0.2, 0.25) is 0 Å². The van der Waals surface area contributed by atoms with Crippen LogP contribution >= 0.6 is 0 Å². The molecule has 0 saturated carbocycles. The first-order chi connectivity index (χ1) is 14.2. The van der Waals surface area contributed by atoms with Crippen LogP contribution in [0, 0.1) is 0 Å². The number of amides is 3. The molecule has 0 unspecified atom stereocenters. The van der Waals surface area contributed by atoms with E-state index in [0.717, 1.165) is 12.1 Å². The lowest BCUT2D eigenvalue weighted by Crippen LogP contribution is -2.42. The summed E-state index contributed by atoms with van der Waals surface area (Å²) in [6.45, 7) is 1.88. The van der Waals surface area contributed by atoms with Gasteiger partial charge >= 0.3 is 6.18 Å². The molecule has 0 aliphatic carbocycles. The van der Waals surface area contributed by atoms with Crippen LogP contribution in [-0.4, -0.2) is 35.2 Å². The highest BCUT2D eigenvalue weighted by molar-refractivity contribution is 6.10. The molecule has 0 aromatic heterocycles. The lowest BCUT2D eigenvalue weighted by Gasteiger charge is -2.23. The first-order valence-electron chi connectivity index (χ1n) is 9.32. The van der Waals surface area contributed by atoms with Crippen LogP contribution in [0.3, 0.4) is 0 Å². The third-order valence-electron chi connectivity index (χ3n) is 4.84. The second-order valence-electron chi connectivity index (χ2n) is 6.94. The van der Waals surface area contributed by atoms with Crippen molar-refractivity contribution in [3.63, 3.8) is 0 Å². The summed E-state index contributed by atoms with van der Waals surface area (Å²) in [6.07, 6.45) is -3.31. The van der Waals surface area contributed by atoms with Gasteiger partial charge in [0, 0.05) is 19.2 Å². The largest absolute Gasteiger partial charge is 0.416 e. The Bertz CT molecular complexity index is 975. The molecule has 9 heteroatoms. The molecule has 2 aromatic rings. The number of anilines is 2. The zero-order valence-electron chi connectivity index (χ0n) is 16.1. The molecule has 0 radical (unpaired) electrons. The van der Waals surface area contributed by atoms with E-state index in [1.54, 1.807) is 12.1 Å². The van der Waals surface area contributed by atoms with Gasteiger partial charge in [0.2, 0.25) is 11.8 Å². The van der Waals surface area contributed by atoms with Crippen molar-refractivity contribution in [2.75, 3.05) is 17.2 Å². The van der Waals surface area contributed by atoms with Gasteiger partial charge in [0.1, 0.15) is 6.04 Å². The minimum atomic E-state index is -4.53. The number of nitrogens with zero attached hydrogens (tertiary/aromatic N) is 1. The van der Waals surface area contributed by atoms with E-state index in [2.05, 4.69) is 10.6 Å². The fourth-order valence-corrected chi connectivity index (χ4v) is 3.39. The summed E-state index contributed by atoms with van der Waals surface area (Å²) in [5, 5.41) is 5.09. The number of para-hydroxylation sites is 1. The quantitative estimate of drug-likeness (QED) is 0.789. The molecule has 158 valence electrons. The molecule has 0 bridgehead atoms. The Morgan fingerprint density at radius 1 is 1.03 bits per heavy atom. The zero-order chi connectivity index (χ0) is 21.9. The fraction of sp³-hybridized carbons (Fsp3) is 0.286. The highest BCUT2D eigenvalue weighted by Crippen LogP contribution is 2.31. The van der Waals surface area contributed by atoms with E-state index in [-0.39, 0.29) is 22.8 Å². The number of halogens is 3. The Morgan fingerprint density at radius 3 is 2.47 bits per heavy atom. The highest BCUT2D eigenvalue weighted by Gasteiger charge is 2.33. The lowest BCUT2D eigenvalue weighted by molar-refractivity contribution is -0.137. The zero-order valence-corrected chi connectivity index (χ0v) is 16.1. The number of likely N-dealkylation sites (tertiary alicyclic amines) is 1. The Hall–Kier alpha value is -3.36. The minimum Gasteiger partial charge on any atom is -0.331 e. The number of benzene rings is 2.